The number of rotatable bonds is 1. The van der Waals surface area contributed by atoms with Crippen LogP contribution in [-0.2, 0) is 13.0 Å². The van der Waals surface area contributed by atoms with E-state index in [1.54, 1.807) is 4.90 Å². The topological polar surface area (TPSA) is 54.7 Å². The van der Waals surface area contributed by atoms with Crippen LogP contribution in [0.3, 0.4) is 0 Å². The lowest BCUT2D eigenvalue weighted by molar-refractivity contribution is 0.0737. The molecule has 3 aromatic heterocycles. The summed E-state index contributed by atoms with van der Waals surface area (Å²) in [6.07, 6.45) is 1.66. The number of thiophene rings is 1. The number of carbonyl (C=O) groups excluding carboxylic acids is 1. The molecule has 3 aromatic rings. The van der Waals surface area contributed by atoms with Crippen molar-refractivity contribution in [2.24, 2.45) is 0 Å². The van der Waals surface area contributed by atoms with Gasteiger partial charge in [-0.25, -0.2) is 9.37 Å². The smallest absolute Gasteiger partial charge is 0.264 e. The fourth-order valence-corrected chi connectivity index (χ4v) is 3.87. The number of pyridine rings is 1. The zero-order chi connectivity index (χ0) is 16.8. The Morgan fingerprint density at radius 1 is 1.33 bits per heavy atom. The number of amides is 1. The standard InChI is InChI=1S/C17H14FN3O2S/c1-10-5-7-24-15(10)17(23)20-6-4-13-12(9-20)16(22)21-8-11(18)2-3-14(21)19-13/h2-3,5,7-8H,4,6,9H2,1H3. The molecule has 1 aliphatic rings. The van der Waals surface area contributed by atoms with Crippen molar-refractivity contribution < 1.29 is 9.18 Å². The van der Waals surface area contributed by atoms with Gasteiger partial charge in [0.25, 0.3) is 11.5 Å². The molecule has 0 fully saturated rings. The SMILES string of the molecule is Cc1ccsc1C(=O)N1CCc2nc3ccc(F)cn3c(=O)c2C1. The Morgan fingerprint density at radius 3 is 2.92 bits per heavy atom. The Bertz CT molecular complexity index is 1020. The molecule has 7 heteroatoms. The van der Waals surface area contributed by atoms with Gasteiger partial charge in [-0.3, -0.25) is 14.0 Å². The summed E-state index contributed by atoms with van der Waals surface area (Å²) in [4.78, 5) is 32.1. The number of nitrogens with zero attached hydrogens (tertiary/aromatic N) is 3. The predicted octanol–water partition coefficient (Wildman–Crippen LogP) is 2.40. The maximum Gasteiger partial charge on any atom is 0.264 e. The lowest BCUT2D eigenvalue weighted by Gasteiger charge is -2.27. The van der Waals surface area contributed by atoms with Crippen LogP contribution in [0.4, 0.5) is 4.39 Å². The highest BCUT2D eigenvalue weighted by atomic mass is 32.1. The van der Waals surface area contributed by atoms with Gasteiger partial charge in [-0.2, -0.15) is 0 Å². The van der Waals surface area contributed by atoms with E-state index in [0.717, 1.165) is 11.8 Å². The quantitative estimate of drug-likeness (QED) is 0.682. The summed E-state index contributed by atoms with van der Waals surface area (Å²) in [6.45, 7) is 2.62. The van der Waals surface area contributed by atoms with Crippen LogP contribution in [-0.4, -0.2) is 26.7 Å². The summed E-state index contributed by atoms with van der Waals surface area (Å²) in [5, 5.41) is 1.88. The van der Waals surface area contributed by atoms with E-state index in [0.29, 0.717) is 34.7 Å². The fourth-order valence-electron chi connectivity index (χ4n) is 2.98. The molecular weight excluding hydrogens is 329 g/mol. The van der Waals surface area contributed by atoms with Gasteiger partial charge in [-0.1, -0.05) is 0 Å². The van der Waals surface area contributed by atoms with Crippen LogP contribution in [0.15, 0.2) is 34.6 Å². The highest BCUT2D eigenvalue weighted by molar-refractivity contribution is 7.12. The van der Waals surface area contributed by atoms with E-state index in [4.69, 9.17) is 0 Å². The zero-order valence-corrected chi connectivity index (χ0v) is 13.8. The molecule has 0 radical (unpaired) electrons. The average molecular weight is 343 g/mol. The van der Waals surface area contributed by atoms with Crippen LogP contribution in [0.25, 0.3) is 5.65 Å². The fraction of sp³-hybridized carbons (Fsp3) is 0.235. The van der Waals surface area contributed by atoms with E-state index >= 15 is 0 Å². The number of hydrogen-bond acceptors (Lipinski definition) is 4. The van der Waals surface area contributed by atoms with Crippen LogP contribution >= 0.6 is 11.3 Å². The second kappa shape index (κ2) is 5.52. The monoisotopic (exact) mass is 343 g/mol. The Labute approximate surface area is 141 Å². The second-order valence-electron chi connectivity index (χ2n) is 5.83. The summed E-state index contributed by atoms with van der Waals surface area (Å²) < 4.78 is 14.6. The summed E-state index contributed by atoms with van der Waals surface area (Å²) in [5.74, 6) is -0.568. The molecule has 0 saturated carbocycles. The normalized spacial score (nSPS) is 14.0. The van der Waals surface area contributed by atoms with Crippen molar-refractivity contribution in [3.63, 3.8) is 0 Å². The first-order chi connectivity index (χ1) is 11.5. The summed E-state index contributed by atoms with van der Waals surface area (Å²) in [7, 11) is 0. The van der Waals surface area contributed by atoms with Crippen molar-refractivity contribution in [2.45, 2.75) is 19.9 Å². The van der Waals surface area contributed by atoms with Crippen LogP contribution < -0.4 is 5.56 Å². The van der Waals surface area contributed by atoms with Gasteiger partial charge in [0.2, 0.25) is 0 Å². The van der Waals surface area contributed by atoms with Crippen LogP contribution in [0, 0.1) is 12.7 Å². The zero-order valence-electron chi connectivity index (χ0n) is 13.0. The number of aromatic nitrogens is 2. The predicted molar refractivity (Wildman–Crippen MR) is 88.9 cm³/mol. The summed E-state index contributed by atoms with van der Waals surface area (Å²) in [6, 6.07) is 4.68. The number of halogens is 1. The Kier molecular flexibility index (Phi) is 3.45. The summed E-state index contributed by atoms with van der Waals surface area (Å²) in [5.41, 5.74) is 2.21. The third kappa shape index (κ3) is 2.32. The molecule has 0 atom stereocenters. The minimum Gasteiger partial charge on any atom is -0.333 e. The Hall–Kier alpha value is -2.54. The second-order valence-corrected chi connectivity index (χ2v) is 6.74. The largest absolute Gasteiger partial charge is 0.333 e. The van der Waals surface area contributed by atoms with E-state index in [-0.39, 0.29) is 18.0 Å². The first kappa shape index (κ1) is 15.0. The molecule has 122 valence electrons. The minimum absolute atomic E-state index is 0.0723. The van der Waals surface area contributed by atoms with Crippen LogP contribution in [0.2, 0.25) is 0 Å². The third-order valence-electron chi connectivity index (χ3n) is 4.28. The number of fused-ring (bicyclic) bond motifs is 2. The molecule has 4 rings (SSSR count). The molecule has 0 aliphatic carbocycles. The van der Waals surface area contributed by atoms with Gasteiger partial charge in [0.1, 0.15) is 11.5 Å². The van der Waals surface area contributed by atoms with E-state index in [1.807, 2.05) is 18.4 Å². The molecule has 0 N–H and O–H groups in total. The minimum atomic E-state index is -0.496. The molecule has 4 heterocycles. The molecule has 0 unspecified atom stereocenters. The first-order valence-corrected chi connectivity index (χ1v) is 8.45. The van der Waals surface area contributed by atoms with E-state index < -0.39 is 5.82 Å². The molecule has 1 aliphatic heterocycles. The molecular formula is C17H14FN3O2S. The van der Waals surface area contributed by atoms with Crippen molar-refractivity contribution >= 4 is 22.9 Å². The molecule has 24 heavy (non-hydrogen) atoms. The van der Waals surface area contributed by atoms with Crippen molar-refractivity contribution in [2.75, 3.05) is 6.54 Å². The highest BCUT2D eigenvalue weighted by Crippen LogP contribution is 2.22. The summed E-state index contributed by atoms with van der Waals surface area (Å²) >= 11 is 1.40. The van der Waals surface area contributed by atoms with Gasteiger partial charge in [-0.05, 0) is 36.1 Å². The molecule has 1 amide bonds. The van der Waals surface area contributed by atoms with Crippen molar-refractivity contribution in [3.8, 4) is 0 Å². The van der Waals surface area contributed by atoms with Gasteiger partial charge < -0.3 is 4.90 Å². The lowest BCUT2D eigenvalue weighted by atomic mass is 10.1. The maximum absolute atomic E-state index is 13.4. The molecule has 5 nitrogen and oxygen atoms in total. The molecule has 0 spiro atoms. The van der Waals surface area contributed by atoms with Crippen molar-refractivity contribution in [1.29, 1.82) is 0 Å². The van der Waals surface area contributed by atoms with Gasteiger partial charge in [0.15, 0.2) is 0 Å². The van der Waals surface area contributed by atoms with Gasteiger partial charge >= 0.3 is 0 Å². The van der Waals surface area contributed by atoms with Gasteiger partial charge in [0, 0.05) is 19.2 Å². The van der Waals surface area contributed by atoms with Gasteiger partial charge in [-0.15, -0.1) is 11.3 Å². The van der Waals surface area contributed by atoms with Crippen LogP contribution in [0.5, 0.6) is 0 Å². The lowest BCUT2D eigenvalue weighted by Crippen LogP contribution is -2.40. The van der Waals surface area contributed by atoms with E-state index in [2.05, 4.69) is 4.98 Å². The van der Waals surface area contributed by atoms with Crippen molar-refractivity contribution in [3.05, 3.63) is 67.6 Å². The number of hydrogen-bond donors (Lipinski definition) is 0. The van der Waals surface area contributed by atoms with Crippen LogP contribution in [0.1, 0.15) is 26.5 Å². The maximum atomic E-state index is 13.4. The molecule has 0 saturated heterocycles. The number of carbonyl (C=O) groups is 1. The molecule has 0 aromatic carbocycles. The first-order valence-electron chi connectivity index (χ1n) is 7.57. The number of aryl methyl sites for hydroxylation is 1. The van der Waals surface area contributed by atoms with Crippen molar-refractivity contribution in [1.82, 2.24) is 14.3 Å². The third-order valence-corrected chi connectivity index (χ3v) is 5.28. The Morgan fingerprint density at radius 2 is 2.17 bits per heavy atom. The van der Waals surface area contributed by atoms with E-state index in [9.17, 15) is 14.0 Å². The van der Waals surface area contributed by atoms with Gasteiger partial charge in [0.05, 0.1) is 22.7 Å². The van der Waals surface area contributed by atoms with E-state index in [1.165, 1.54) is 27.9 Å². The molecule has 0 bridgehead atoms. The Balaban J connectivity index is 1.76. The average Bonchev–Trinajstić information content (AvgIpc) is 3.01. The highest BCUT2D eigenvalue weighted by Gasteiger charge is 2.27.